The van der Waals surface area contributed by atoms with Crippen molar-refractivity contribution in [1.82, 2.24) is 5.32 Å². The molecule has 0 unspecified atom stereocenters. The van der Waals surface area contributed by atoms with Crippen molar-refractivity contribution < 1.29 is 23.5 Å². The lowest BCUT2D eigenvalue weighted by molar-refractivity contribution is -0.150. The van der Waals surface area contributed by atoms with E-state index in [0.717, 1.165) is 22.3 Å². The summed E-state index contributed by atoms with van der Waals surface area (Å²) >= 11 is 0. The van der Waals surface area contributed by atoms with Crippen molar-refractivity contribution in [1.29, 1.82) is 0 Å². The number of ether oxygens (including phenoxy) is 2. The van der Waals surface area contributed by atoms with E-state index in [1.165, 1.54) is 12.1 Å². The van der Waals surface area contributed by atoms with Crippen LogP contribution >= 0.6 is 0 Å². The van der Waals surface area contributed by atoms with Gasteiger partial charge in [-0.1, -0.05) is 35.9 Å². The molecule has 0 aliphatic rings. The molecule has 0 fully saturated rings. The van der Waals surface area contributed by atoms with Gasteiger partial charge in [-0.05, 0) is 77.3 Å². The van der Waals surface area contributed by atoms with Gasteiger partial charge in [0.05, 0.1) is 0 Å². The molecule has 168 valence electrons. The lowest BCUT2D eigenvalue weighted by Crippen LogP contribution is -2.43. The number of rotatable bonds is 6. The van der Waals surface area contributed by atoms with Gasteiger partial charge in [-0.3, -0.25) is 0 Å². The Bertz CT molecular complexity index is 918. The molecule has 0 aromatic heterocycles. The second-order valence-electron chi connectivity index (χ2n) is 8.90. The van der Waals surface area contributed by atoms with E-state index in [-0.39, 0.29) is 11.7 Å². The zero-order chi connectivity index (χ0) is 23.3. The molecule has 2 rings (SSSR count). The number of halogens is 1. The summed E-state index contributed by atoms with van der Waals surface area (Å²) in [7, 11) is 0. The molecule has 0 aliphatic heterocycles. The Morgan fingerprint density at radius 3 is 2.16 bits per heavy atom. The highest BCUT2D eigenvalue weighted by atomic mass is 19.1. The second kappa shape index (κ2) is 9.94. The Kier molecular flexibility index (Phi) is 7.82. The van der Waals surface area contributed by atoms with Crippen molar-refractivity contribution in [2.75, 3.05) is 0 Å². The smallest absolute Gasteiger partial charge is 0.408 e. The number of benzene rings is 2. The first-order valence-corrected chi connectivity index (χ1v) is 10.4. The largest absolute Gasteiger partial charge is 0.460 e. The van der Waals surface area contributed by atoms with Gasteiger partial charge in [0.1, 0.15) is 23.6 Å². The Hall–Kier alpha value is -2.89. The van der Waals surface area contributed by atoms with E-state index in [2.05, 4.69) is 5.32 Å². The fourth-order valence-electron chi connectivity index (χ4n) is 3.36. The minimum absolute atomic E-state index is 0.293. The fraction of sp³-hybridized carbons (Fsp3) is 0.440. The zero-order valence-corrected chi connectivity index (χ0v) is 19.3. The zero-order valence-electron chi connectivity index (χ0n) is 19.3. The van der Waals surface area contributed by atoms with Crippen LogP contribution in [-0.4, -0.2) is 29.8 Å². The molecule has 2 aromatic rings. The van der Waals surface area contributed by atoms with Crippen LogP contribution in [0.5, 0.6) is 0 Å². The first-order chi connectivity index (χ1) is 14.4. The molecule has 31 heavy (non-hydrogen) atoms. The summed E-state index contributed by atoms with van der Waals surface area (Å²) in [5, 5.41) is 2.50. The Labute approximate surface area is 183 Å². The van der Waals surface area contributed by atoms with Crippen LogP contribution in [0.2, 0.25) is 0 Å². The number of esters is 1. The summed E-state index contributed by atoms with van der Waals surface area (Å²) < 4.78 is 24.6. The van der Waals surface area contributed by atoms with Crippen LogP contribution < -0.4 is 5.32 Å². The van der Waals surface area contributed by atoms with Gasteiger partial charge in [0.2, 0.25) is 0 Å². The standard InChI is InChI=1S/C25H32FNO4/c1-15-8-10-19(11-9-15)22(21-13-12-20(26)14-16(21)2)18(4)30-23(28)17(3)27-24(29)31-25(5,6)7/h8-14,17-18,22H,1-7H3,(H,27,29)/t17-,18-,22+/m0/s1. The molecule has 0 heterocycles. The molecule has 1 amide bonds. The summed E-state index contributed by atoms with van der Waals surface area (Å²) in [5.41, 5.74) is 3.04. The van der Waals surface area contributed by atoms with E-state index < -0.39 is 29.8 Å². The molecule has 0 bridgehead atoms. The van der Waals surface area contributed by atoms with E-state index in [9.17, 15) is 14.0 Å². The topological polar surface area (TPSA) is 64.6 Å². The van der Waals surface area contributed by atoms with E-state index >= 15 is 0 Å². The second-order valence-corrected chi connectivity index (χ2v) is 8.90. The molecule has 1 N–H and O–H groups in total. The maximum atomic E-state index is 13.7. The number of hydrogen-bond acceptors (Lipinski definition) is 4. The first-order valence-electron chi connectivity index (χ1n) is 10.4. The molecule has 3 atom stereocenters. The van der Waals surface area contributed by atoms with Crippen LogP contribution in [0.25, 0.3) is 0 Å². The maximum absolute atomic E-state index is 13.7. The van der Waals surface area contributed by atoms with Gasteiger partial charge in [0, 0.05) is 5.92 Å². The van der Waals surface area contributed by atoms with Gasteiger partial charge in [0.25, 0.3) is 0 Å². The Morgan fingerprint density at radius 1 is 1.00 bits per heavy atom. The minimum Gasteiger partial charge on any atom is -0.460 e. The van der Waals surface area contributed by atoms with Gasteiger partial charge < -0.3 is 14.8 Å². The minimum atomic E-state index is -0.884. The third-order valence-corrected chi connectivity index (χ3v) is 4.86. The Balaban J connectivity index is 2.23. The fourth-order valence-corrected chi connectivity index (χ4v) is 3.36. The first kappa shape index (κ1) is 24.4. The van der Waals surface area contributed by atoms with Gasteiger partial charge in [0.15, 0.2) is 0 Å². The number of carbonyl (C=O) groups excluding carboxylic acids is 2. The summed E-state index contributed by atoms with van der Waals surface area (Å²) in [6.45, 7) is 12.4. The molecule has 0 saturated carbocycles. The molecule has 2 aromatic carbocycles. The van der Waals surface area contributed by atoms with Gasteiger partial charge in [-0.2, -0.15) is 0 Å². The highest BCUT2D eigenvalue weighted by molar-refractivity contribution is 5.81. The number of carbonyl (C=O) groups is 2. The molecule has 5 nitrogen and oxygen atoms in total. The highest BCUT2D eigenvalue weighted by Gasteiger charge is 2.29. The third-order valence-electron chi connectivity index (χ3n) is 4.86. The van der Waals surface area contributed by atoms with Crippen molar-refractivity contribution in [2.24, 2.45) is 0 Å². The maximum Gasteiger partial charge on any atom is 0.408 e. The number of amides is 1. The molecular formula is C25H32FNO4. The summed E-state index contributed by atoms with van der Waals surface area (Å²) in [6.07, 6.45) is -1.24. The average molecular weight is 430 g/mol. The van der Waals surface area contributed by atoms with E-state index in [1.807, 2.05) is 38.1 Å². The van der Waals surface area contributed by atoms with Crippen molar-refractivity contribution in [3.63, 3.8) is 0 Å². The summed E-state index contributed by atoms with van der Waals surface area (Å²) in [4.78, 5) is 24.6. The predicted octanol–water partition coefficient (Wildman–Crippen LogP) is 5.42. The quantitative estimate of drug-likeness (QED) is 0.623. The van der Waals surface area contributed by atoms with E-state index in [1.54, 1.807) is 40.7 Å². The van der Waals surface area contributed by atoms with Crippen molar-refractivity contribution in [3.05, 3.63) is 70.5 Å². The van der Waals surface area contributed by atoms with Gasteiger partial charge in [-0.15, -0.1) is 0 Å². The molecule has 0 radical (unpaired) electrons. The van der Waals surface area contributed by atoms with Crippen molar-refractivity contribution >= 4 is 12.1 Å². The highest BCUT2D eigenvalue weighted by Crippen LogP contribution is 2.32. The molecule has 0 spiro atoms. The van der Waals surface area contributed by atoms with Crippen LogP contribution in [0.1, 0.15) is 62.8 Å². The number of aryl methyl sites for hydroxylation is 2. The third kappa shape index (κ3) is 7.09. The van der Waals surface area contributed by atoms with Crippen LogP contribution in [0, 0.1) is 19.7 Å². The van der Waals surface area contributed by atoms with Crippen molar-refractivity contribution in [3.8, 4) is 0 Å². The number of alkyl carbamates (subject to hydrolysis) is 1. The molecule has 0 aliphatic carbocycles. The number of hydrogen-bond donors (Lipinski definition) is 1. The van der Waals surface area contributed by atoms with Crippen LogP contribution in [0.15, 0.2) is 42.5 Å². The predicted molar refractivity (Wildman–Crippen MR) is 119 cm³/mol. The van der Waals surface area contributed by atoms with Crippen molar-refractivity contribution in [2.45, 2.75) is 72.1 Å². The van der Waals surface area contributed by atoms with E-state index in [4.69, 9.17) is 9.47 Å². The van der Waals surface area contributed by atoms with Gasteiger partial charge >= 0.3 is 12.1 Å². The average Bonchev–Trinajstić information content (AvgIpc) is 2.63. The summed E-state index contributed by atoms with van der Waals surface area (Å²) in [6, 6.07) is 11.7. The van der Waals surface area contributed by atoms with Crippen LogP contribution in [0.3, 0.4) is 0 Å². The monoisotopic (exact) mass is 429 g/mol. The van der Waals surface area contributed by atoms with Gasteiger partial charge in [-0.25, -0.2) is 14.0 Å². The summed E-state index contributed by atoms with van der Waals surface area (Å²) in [5.74, 6) is -1.18. The Morgan fingerprint density at radius 2 is 1.61 bits per heavy atom. The lowest BCUT2D eigenvalue weighted by Gasteiger charge is -2.28. The molecule has 6 heteroatoms. The van der Waals surface area contributed by atoms with Crippen LogP contribution in [-0.2, 0) is 14.3 Å². The lowest BCUT2D eigenvalue weighted by atomic mass is 9.84. The number of nitrogens with one attached hydrogen (secondary N) is 1. The normalized spacial score (nSPS) is 14.3. The molecular weight excluding hydrogens is 397 g/mol. The molecule has 0 saturated heterocycles. The SMILES string of the molecule is Cc1ccc([C@H](c2ccc(F)cc2C)[C@H](C)OC(=O)[C@H](C)NC(=O)OC(C)(C)C)cc1. The van der Waals surface area contributed by atoms with Crippen LogP contribution in [0.4, 0.5) is 9.18 Å². The van der Waals surface area contributed by atoms with E-state index in [0.29, 0.717) is 0 Å².